The third-order valence-electron chi connectivity index (χ3n) is 4.97. The quantitative estimate of drug-likeness (QED) is 0.582. The van der Waals surface area contributed by atoms with Crippen molar-refractivity contribution < 1.29 is 27.5 Å². The van der Waals surface area contributed by atoms with Crippen molar-refractivity contribution in [3.8, 4) is 0 Å². The predicted molar refractivity (Wildman–Crippen MR) is 117 cm³/mol. The van der Waals surface area contributed by atoms with E-state index in [0.717, 1.165) is 19.3 Å². The number of sulfonamides is 1. The number of benzene rings is 1. The maximum absolute atomic E-state index is 12.9. The molecule has 0 aliphatic carbocycles. The fourth-order valence-corrected chi connectivity index (χ4v) is 5.85. The number of esters is 1. The number of hydrogen-bond acceptors (Lipinski definition) is 7. The molecule has 1 unspecified atom stereocenters. The Balaban J connectivity index is 1.64. The summed E-state index contributed by atoms with van der Waals surface area (Å²) in [6.45, 7) is 2.07. The lowest BCUT2D eigenvalue weighted by molar-refractivity contribution is -0.155. The fraction of sp³-hybridized carbons (Fsp3) is 0.526. The maximum Gasteiger partial charge on any atom is 0.326 e. The summed E-state index contributed by atoms with van der Waals surface area (Å²) in [6.07, 6.45) is 1.45. The zero-order valence-corrected chi connectivity index (χ0v) is 19.4. The van der Waals surface area contributed by atoms with Gasteiger partial charge in [-0.25, -0.2) is 8.42 Å². The highest BCUT2D eigenvalue weighted by Gasteiger charge is 2.28. The van der Waals surface area contributed by atoms with Crippen LogP contribution in [-0.4, -0.2) is 72.8 Å². The van der Waals surface area contributed by atoms with Gasteiger partial charge in [-0.05, 0) is 38.0 Å². The number of nitrogens with zero attached hydrogens (tertiary/aromatic N) is 2. The first-order valence-electron chi connectivity index (χ1n) is 9.84. The standard InChI is InChI=1S/C19H24ClN3O6S2/c1-13(29-18(25)10-22-12-30-11-17(22)24)19(26)21-16-9-14(5-6-15(16)20)31(27,28)23-7-3-2-4-8-23/h5-6,9,13H,2-4,7-8,10-12H2,1H3,(H,21,26). The Kier molecular flexibility index (Phi) is 7.84. The van der Waals surface area contributed by atoms with Gasteiger partial charge in [0.2, 0.25) is 15.9 Å². The van der Waals surface area contributed by atoms with Gasteiger partial charge in [0.1, 0.15) is 6.54 Å². The lowest BCUT2D eigenvalue weighted by atomic mass is 10.2. The van der Waals surface area contributed by atoms with Crippen LogP contribution in [0.15, 0.2) is 23.1 Å². The zero-order chi connectivity index (χ0) is 22.6. The summed E-state index contributed by atoms with van der Waals surface area (Å²) >= 11 is 7.54. The lowest BCUT2D eigenvalue weighted by Gasteiger charge is -2.26. The summed E-state index contributed by atoms with van der Waals surface area (Å²) in [5.41, 5.74) is 0.110. The van der Waals surface area contributed by atoms with Crippen molar-refractivity contribution in [3.63, 3.8) is 0 Å². The molecule has 1 aromatic rings. The number of ether oxygens (including phenoxy) is 1. The van der Waals surface area contributed by atoms with Gasteiger partial charge in [-0.1, -0.05) is 18.0 Å². The molecule has 2 fully saturated rings. The summed E-state index contributed by atoms with van der Waals surface area (Å²) in [6, 6.07) is 4.11. The Morgan fingerprint density at radius 2 is 1.97 bits per heavy atom. The first-order valence-corrected chi connectivity index (χ1v) is 12.8. The van der Waals surface area contributed by atoms with Gasteiger partial charge in [0.15, 0.2) is 6.10 Å². The molecule has 0 radical (unpaired) electrons. The summed E-state index contributed by atoms with van der Waals surface area (Å²) in [7, 11) is -3.70. The van der Waals surface area contributed by atoms with Crippen molar-refractivity contribution in [3.05, 3.63) is 23.2 Å². The van der Waals surface area contributed by atoms with E-state index in [4.69, 9.17) is 16.3 Å². The second-order valence-electron chi connectivity index (χ2n) is 7.30. The number of thioether (sulfide) groups is 1. The largest absolute Gasteiger partial charge is 0.451 e. The monoisotopic (exact) mass is 489 g/mol. The highest BCUT2D eigenvalue weighted by atomic mass is 35.5. The van der Waals surface area contributed by atoms with Crippen LogP contribution in [0, 0.1) is 0 Å². The Bertz CT molecular complexity index is 965. The van der Waals surface area contributed by atoms with Crippen LogP contribution in [0.1, 0.15) is 26.2 Å². The van der Waals surface area contributed by atoms with E-state index in [9.17, 15) is 22.8 Å². The Morgan fingerprint density at radius 3 is 2.61 bits per heavy atom. The second-order valence-corrected chi connectivity index (χ2v) is 10.6. The van der Waals surface area contributed by atoms with Gasteiger partial charge in [-0.2, -0.15) is 4.31 Å². The Hall–Kier alpha value is -1.82. The minimum Gasteiger partial charge on any atom is -0.451 e. The molecule has 2 amide bonds. The average molecular weight is 490 g/mol. The molecular formula is C19H24ClN3O6S2. The van der Waals surface area contributed by atoms with Gasteiger partial charge < -0.3 is 15.0 Å². The molecule has 1 N–H and O–H groups in total. The van der Waals surface area contributed by atoms with Gasteiger partial charge in [0, 0.05) is 13.1 Å². The minimum atomic E-state index is -3.70. The molecule has 0 aromatic heterocycles. The molecule has 31 heavy (non-hydrogen) atoms. The van der Waals surface area contributed by atoms with Crippen molar-refractivity contribution in [1.29, 1.82) is 0 Å². The molecule has 9 nitrogen and oxygen atoms in total. The number of halogens is 1. The smallest absolute Gasteiger partial charge is 0.326 e. The zero-order valence-electron chi connectivity index (χ0n) is 17.0. The average Bonchev–Trinajstić information content (AvgIpc) is 3.14. The third kappa shape index (κ3) is 5.91. The van der Waals surface area contributed by atoms with Crippen LogP contribution in [-0.2, 0) is 29.1 Å². The number of amides is 2. The van der Waals surface area contributed by atoms with Crippen molar-refractivity contribution in [2.75, 3.05) is 36.6 Å². The van der Waals surface area contributed by atoms with Crippen LogP contribution in [0.5, 0.6) is 0 Å². The molecule has 12 heteroatoms. The molecule has 2 saturated heterocycles. The van der Waals surface area contributed by atoms with Crippen LogP contribution < -0.4 is 5.32 Å². The third-order valence-corrected chi connectivity index (χ3v) is 8.14. The van der Waals surface area contributed by atoms with Gasteiger partial charge in [-0.3, -0.25) is 14.4 Å². The number of carbonyl (C=O) groups is 3. The molecule has 1 atom stereocenters. The van der Waals surface area contributed by atoms with Crippen LogP contribution in [0.4, 0.5) is 5.69 Å². The fourth-order valence-electron chi connectivity index (χ4n) is 3.23. The molecule has 0 bridgehead atoms. The molecule has 2 aliphatic heterocycles. The minimum absolute atomic E-state index is 0.0313. The highest BCUT2D eigenvalue weighted by molar-refractivity contribution is 8.00. The van der Waals surface area contributed by atoms with Crippen molar-refractivity contribution in [1.82, 2.24) is 9.21 Å². The van der Waals surface area contributed by atoms with E-state index in [-0.39, 0.29) is 28.1 Å². The van der Waals surface area contributed by atoms with E-state index in [0.29, 0.717) is 24.7 Å². The molecular weight excluding hydrogens is 466 g/mol. The van der Waals surface area contributed by atoms with Crippen LogP contribution in [0.2, 0.25) is 5.02 Å². The van der Waals surface area contributed by atoms with E-state index in [1.165, 1.54) is 46.1 Å². The van der Waals surface area contributed by atoms with Crippen molar-refractivity contribution >= 4 is 56.9 Å². The molecule has 1 aromatic carbocycles. The van der Waals surface area contributed by atoms with E-state index in [1.54, 1.807) is 0 Å². The summed E-state index contributed by atoms with van der Waals surface area (Å²) < 4.78 is 32.3. The number of piperidine rings is 1. The number of hydrogen-bond donors (Lipinski definition) is 1. The van der Waals surface area contributed by atoms with Gasteiger partial charge >= 0.3 is 5.97 Å². The number of rotatable bonds is 7. The predicted octanol–water partition coefficient (Wildman–Crippen LogP) is 1.92. The molecule has 170 valence electrons. The first-order chi connectivity index (χ1) is 14.7. The molecule has 3 rings (SSSR count). The summed E-state index contributed by atoms with van der Waals surface area (Å²) in [5, 5.41) is 2.67. The number of carbonyl (C=O) groups excluding carboxylic acids is 3. The lowest BCUT2D eigenvalue weighted by Crippen LogP contribution is -2.37. The molecule has 0 spiro atoms. The first kappa shape index (κ1) is 23.8. The van der Waals surface area contributed by atoms with E-state index >= 15 is 0 Å². The Morgan fingerprint density at radius 1 is 1.26 bits per heavy atom. The summed E-state index contributed by atoms with van der Waals surface area (Å²) in [5.74, 6) is -0.797. The molecule has 2 aliphatic rings. The van der Waals surface area contributed by atoms with Crippen LogP contribution in [0.3, 0.4) is 0 Å². The van der Waals surface area contributed by atoms with Crippen LogP contribution >= 0.6 is 23.4 Å². The Labute approximate surface area is 190 Å². The molecule has 0 saturated carbocycles. The topological polar surface area (TPSA) is 113 Å². The second kappa shape index (κ2) is 10.2. The van der Waals surface area contributed by atoms with Crippen LogP contribution in [0.25, 0.3) is 0 Å². The van der Waals surface area contributed by atoms with Gasteiger partial charge in [0.25, 0.3) is 5.91 Å². The SMILES string of the molecule is CC(OC(=O)CN1CSCC1=O)C(=O)Nc1cc(S(=O)(=O)N2CCCCC2)ccc1Cl. The maximum atomic E-state index is 12.9. The van der Waals surface area contributed by atoms with Gasteiger partial charge in [0.05, 0.1) is 27.2 Å². The summed E-state index contributed by atoms with van der Waals surface area (Å²) in [4.78, 5) is 37.5. The normalized spacial score (nSPS) is 18.6. The number of anilines is 1. The van der Waals surface area contributed by atoms with E-state index < -0.39 is 28.0 Å². The highest BCUT2D eigenvalue weighted by Crippen LogP contribution is 2.28. The van der Waals surface area contributed by atoms with Crippen molar-refractivity contribution in [2.24, 2.45) is 0 Å². The van der Waals surface area contributed by atoms with E-state index in [1.807, 2.05) is 0 Å². The van der Waals surface area contributed by atoms with E-state index in [2.05, 4.69) is 5.32 Å². The van der Waals surface area contributed by atoms with Crippen molar-refractivity contribution in [2.45, 2.75) is 37.2 Å². The van der Waals surface area contributed by atoms with Gasteiger partial charge in [-0.15, -0.1) is 11.8 Å². The number of nitrogens with one attached hydrogen (secondary N) is 1. The molecule has 2 heterocycles.